The number of rotatable bonds is 8. The summed E-state index contributed by atoms with van der Waals surface area (Å²) in [5, 5.41) is 12.0. The Labute approximate surface area is 184 Å². The Morgan fingerprint density at radius 3 is 2.84 bits per heavy atom. The van der Waals surface area contributed by atoms with E-state index in [9.17, 15) is 4.39 Å². The Morgan fingerprint density at radius 2 is 2.03 bits per heavy atom. The Bertz CT molecular complexity index is 1280. The first-order valence-electron chi connectivity index (χ1n) is 10.8. The van der Waals surface area contributed by atoms with Crippen LogP contribution in [0.2, 0.25) is 0 Å². The zero-order valence-electron chi connectivity index (χ0n) is 17.8. The lowest BCUT2D eigenvalue weighted by Crippen LogP contribution is -2.67. The van der Waals surface area contributed by atoms with Crippen LogP contribution < -0.4 is 10.1 Å². The third kappa shape index (κ3) is 3.42. The van der Waals surface area contributed by atoms with Crippen molar-refractivity contribution in [1.29, 1.82) is 0 Å². The molecule has 0 saturated heterocycles. The van der Waals surface area contributed by atoms with Crippen molar-refractivity contribution in [2.75, 3.05) is 13.7 Å². The molecule has 3 fully saturated rings. The zero-order valence-corrected chi connectivity index (χ0v) is 17.8. The maximum atomic E-state index is 13.7. The Kier molecular flexibility index (Phi) is 4.29. The average molecular weight is 433 g/mol. The molecule has 0 spiro atoms. The van der Waals surface area contributed by atoms with Gasteiger partial charge in [-0.1, -0.05) is 11.3 Å². The van der Waals surface area contributed by atoms with Crippen LogP contribution in [0.4, 0.5) is 4.39 Å². The van der Waals surface area contributed by atoms with Crippen molar-refractivity contribution in [2.45, 2.75) is 38.0 Å². The minimum absolute atomic E-state index is 0.221. The second-order valence-electron chi connectivity index (χ2n) is 9.23. The van der Waals surface area contributed by atoms with Gasteiger partial charge in [-0.15, -0.1) is 5.10 Å². The van der Waals surface area contributed by atoms with Crippen LogP contribution in [0.1, 0.15) is 30.5 Å². The molecule has 2 bridgehead atoms. The molecule has 0 aromatic carbocycles. The number of aromatic nitrogens is 6. The number of hydrogen-bond acceptors (Lipinski definition) is 6. The molecule has 3 saturated carbocycles. The van der Waals surface area contributed by atoms with Crippen LogP contribution >= 0.6 is 0 Å². The van der Waals surface area contributed by atoms with Crippen LogP contribution in [0.15, 0.2) is 49.2 Å². The van der Waals surface area contributed by atoms with Crippen LogP contribution in [0.3, 0.4) is 0 Å². The number of nitrogens with zero attached hydrogens (tertiary/aromatic N) is 6. The number of imidazole rings is 1. The standard InChI is InChI=1S/C23H24FN7O/c1-32-19-4-17(6-25-7-19)20-11-31(29-28-20)10-18-9-30-8-16(2-3-21(30)27-18)5-26-15-22-12-23(24,13-22)14-22/h2-4,6-9,11,26H,5,10,12-15H2,1H3. The molecule has 3 aliphatic carbocycles. The SMILES string of the molecule is COc1cncc(-c2cn(Cc3cn4cc(CNCC56CC(F)(C5)C6)ccc4n3)nn2)c1. The summed E-state index contributed by atoms with van der Waals surface area (Å²) < 4.78 is 22.7. The van der Waals surface area contributed by atoms with Crippen LogP contribution in [0.5, 0.6) is 5.75 Å². The van der Waals surface area contributed by atoms with Gasteiger partial charge in [0.15, 0.2) is 0 Å². The molecule has 4 aromatic rings. The molecule has 32 heavy (non-hydrogen) atoms. The fraction of sp³-hybridized carbons (Fsp3) is 0.391. The summed E-state index contributed by atoms with van der Waals surface area (Å²) in [7, 11) is 1.61. The molecule has 7 rings (SSSR count). The van der Waals surface area contributed by atoms with Crippen molar-refractivity contribution >= 4 is 5.65 Å². The second-order valence-corrected chi connectivity index (χ2v) is 9.23. The molecule has 9 heteroatoms. The number of hydrogen-bond donors (Lipinski definition) is 1. The quantitative estimate of drug-likeness (QED) is 0.460. The highest BCUT2D eigenvalue weighted by Gasteiger charge is 2.68. The maximum absolute atomic E-state index is 13.7. The molecule has 8 nitrogen and oxygen atoms in total. The first kappa shape index (κ1) is 19.4. The molecule has 164 valence electrons. The smallest absolute Gasteiger partial charge is 0.137 e. The lowest BCUT2D eigenvalue weighted by atomic mass is 9.42. The normalized spacial score (nSPS) is 23.7. The average Bonchev–Trinajstić information content (AvgIpc) is 3.38. The minimum Gasteiger partial charge on any atom is -0.495 e. The molecule has 0 unspecified atom stereocenters. The van der Waals surface area contributed by atoms with E-state index in [1.165, 1.54) is 5.56 Å². The van der Waals surface area contributed by atoms with Gasteiger partial charge in [0.05, 0.1) is 31.7 Å². The molecule has 4 aromatic heterocycles. The molecular formula is C23H24FN7O. The van der Waals surface area contributed by atoms with Crippen molar-refractivity contribution in [3.05, 3.63) is 60.4 Å². The van der Waals surface area contributed by atoms with Crippen molar-refractivity contribution in [2.24, 2.45) is 5.41 Å². The highest BCUT2D eigenvalue weighted by Crippen LogP contribution is 2.69. The summed E-state index contributed by atoms with van der Waals surface area (Å²) in [6, 6.07) is 5.99. The van der Waals surface area contributed by atoms with Gasteiger partial charge in [0.2, 0.25) is 0 Å². The zero-order chi connectivity index (χ0) is 21.8. The summed E-state index contributed by atoms with van der Waals surface area (Å²) in [6.07, 6.45) is 11.6. The lowest BCUT2D eigenvalue weighted by Gasteiger charge is -2.66. The molecule has 0 aliphatic heterocycles. The molecule has 3 aliphatic rings. The first-order chi connectivity index (χ1) is 15.5. The van der Waals surface area contributed by atoms with E-state index in [1.807, 2.05) is 28.9 Å². The van der Waals surface area contributed by atoms with Crippen LogP contribution in [-0.4, -0.2) is 48.7 Å². The van der Waals surface area contributed by atoms with Gasteiger partial charge in [-0.2, -0.15) is 0 Å². The van der Waals surface area contributed by atoms with Crippen LogP contribution in [0, 0.1) is 5.41 Å². The summed E-state index contributed by atoms with van der Waals surface area (Å²) in [6.45, 7) is 2.18. The van der Waals surface area contributed by atoms with Crippen molar-refractivity contribution in [3.63, 3.8) is 0 Å². The summed E-state index contributed by atoms with van der Waals surface area (Å²) in [4.78, 5) is 8.86. The largest absolute Gasteiger partial charge is 0.495 e. The molecular weight excluding hydrogens is 409 g/mol. The topological polar surface area (TPSA) is 82.2 Å². The highest BCUT2D eigenvalue weighted by molar-refractivity contribution is 5.58. The summed E-state index contributed by atoms with van der Waals surface area (Å²) in [5.41, 5.74) is 3.94. The molecule has 0 amide bonds. The Hall–Kier alpha value is -3.33. The number of pyridine rings is 2. The van der Waals surface area contributed by atoms with E-state index in [1.54, 1.807) is 24.2 Å². The van der Waals surface area contributed by atoms with Crippen molar-refractivity contribution < 1.29 is 9.13 Å². The van der Waals surface area contributed by atoms with E-state index in [-0.39, 0.29) is 5.41 Å². The third-order valence-electron chi connectivity index (χ3n) is 6.57. The fourth-order valence-corrected chi connectivity index (χ4v) is 5.14. The number of fused-ring (bicyclic) bond motifs is 1. The first-order valence-corrected chi connectivity index (χ1v) is 10.8. The Balaban J connectivity index is 1.11. The van der Waals surface area contributed by atoms with Crippen LogP contribution in [0.25, 0.3) is 16.9 Å². The molecule has 0 atom stereocenters. The maximum Gasteiger partial charge on any atom is 0.137 e. The van der Waals surface area contributed by atoms with E-state index < -0.39 is 5.67 Å². The lowest BCUT2D eigenvalue weighted by molar-refractivity contribution is -0.209. The number of alkyl halides is 1. The number of halogens is 1. The van der Waals surface area contributed by atoms with E-state index in [2.05, 4.69) is 32.9 Å². The summed E-state index contributed by atoms with van der Waals surface area (Å²) in [5.74, 6) is 0.679. The van der Waals surface area contributed by atoms with E-state index in [0.717, 1.165) is 55.0 Å². The van der Waals surface area contributed by atoms with Gasteiger partial charge in [-0.05, 0) is 42.4 Å². The van der Waals surface area contributed by atoms with Gasteiger partial charge in [0, 0.05) is 37.2 Å². The van der Waals surface area contributed by atoms with Crippen molar-refractivity contribution in [3.8, 4) is 17.0 Å². The number of methoxy groups -OCH3 is 1. The van der Waals surface area contributed by atoms with Gasteiger partial charge < -0.3 is 14.5 Å². The minimum atomic E-state index is -0.830. The number of ether oxygens (including phenoxy) is 1. The van der Waals surface area contributed by atoms with E-state index in [4.69, 9.17) is 9.72 Å². The van der Waals surface area contributed by atoms with Gasteiger partial charge in [0.1, 0.15) is 22.8 Å². The monoisotopic (exact) mass is 433 g/mol. The van der Waals surface area contributed by atoms with Gasteiger partial charge >= 0.3 is 0 Å². The van der Waals surface area contributed by atoms with E-state index in [0.29, 0.717) is 12.3 Å². The van der Waals surface area contributed by atoms with Crippen LogP contribution in [-0.2, 0) is 13.1 Å². The van der Waals surface area contributed by atoms with Gasteiger partial charge in [-0.3, -0.25) is 4.98 Å². The second kappa shape index (κ2) is 7.09. The fourth-order valence-electron chi connectivity index (χ4n) is 5.14. The van der Waals surface area contributed by atoms with E-state index >= 15 is 0 Å². The summed E-state index contributed by atoms with van der Waals surface area (Å²) >= 11 is 0. The molecule has 4 heterocycles. The number of nitrogens with one attached hydrogen (secondary N) is 1. The predicted molar refractivity (Wildman–Crippen MR) is 116 cm³/mol. The van der Waals surface area contributed by atoms with Gasteiger partial charge in [0.25, 0.3) is 0 Å². The molecule has 1 N–H and O–H groups in total. The Morgan fingerprint density at radius 1 is 1.16 bits per heavy atom. The molecule has 0 radical (unpaired) electrons. The predicted octanol–water partition coefficient (Wildman–Crippen LogP) is 3.03. The third-order valence-corrected chi connectivity index (χ3v) is 6.57. The highest BCUT2D eigenvalue weighted by atomic mass is 19.1. The van der Waals surface area contributed by atoms with Crippen molar-refractivity contribution in [1.82, 2.24) is 34.7 Å². The van der Waals surface area contributed by atoms with Gasteiger partial charge in [-0.25, -0.2) is 14.1 Å².